The fourth-order valence-electron chi connectivity index (χ4n) is 4.44. The lowest BCUT2D eigenvalue weighted by Crippen LogP contribution is -2.40. The fraction of sp³-hybridized carbons (Fsp3) is 0.360. The van der Waals surface area contributed by atoms with Crippen LogP contribution >= 0.6 is 0 Å². The van der Waals surface area contributed by atoms with Crippen molar-refractivity contribution in [3.63, 3.8) is 0 Å². The molecular formula is C25H30N8O2. The van der Waals surface area contributed by atoms with Gasteiger partial charge in [-0.1, -0.05) is 12.1 Å². The van der Waals surface area contributed by atoms with Crippen LogP contribution in [-0.2, 0) is 11.8 Å². The second-order valence-electron chi connectivity index (χ2n) is 9.13. The minimum absolute atomic E-state index is 0.0691. The molecule has 1 amide bonds. The van der Waals surface area contributed by atoms with Crippen LogP contribution in [0.4, 0.5) is 17.5 Å². The maximum atomic E-state index is 12.7. The Morgan fingerprint density at radius 1 is 1.26 bits per heavy atom. The Bertz CT molecular complexity index is 1350. The standard InChI is InChI=1S/C25H30N8O2/c1-15-12-27-25(29-21-11-16(2)32(3)31-21)30-23(15)19-13-26-24-18(19)5-4-6-20(24)28-22(35)14-33-9-7-17(34)8-10-33/h4-6,11-13,17,26,34H,7-10,14H2,1-3H3,(H,28,35)(H,27,29,30,31). The summed E-state index contributed by atoms with van der Waals surface area (Å²) in [5.74, 6) is 1.08. The smallest absolute Gasteiger partial charge is 0.238 e. The van der Waals surface area contributed by atoms with E-state index in [1.54, 1.807) is 10.9 Å². The molecule has 0 radical (unpaired) electrons. The van der Waals surface area contributed by atoms with Crippen molar-refractivity contribution in [1.29, 1.82) is 0 Å². The third-order valence-electron chi connectivity index (χ3n) is 6.49. The van der Waals surface area contributed by atoms with Crippen LogP contribution in [-0.4, -0.2) is 66.4 Å². The van der Waals surface area contributed by atoms with Crippen molar-refractivity contribution in [2.24, 2.45) is 7.05 Å². The van der Waals surface area contributed by atoms with Crippen molar-refractivity contribution in [2.75, 3.05) is 30.3 Å². The highest BCUT2D eigenvalue weighted by Gasteiger charge is 2.20. The number of benzene rings is 1. The minimum Gasteiger partial charge on any atom is -0.393 e. The van der Waals surface area contributed by atoms with E-state index >= 15 is 0 Å². The molecular weight excluding hydrogens is 444 g/mol. The molecule has 1 aliphatic heterocycles. The van der Waals surface area contributed by atoms with Gasteiger partial charge in [0.25, 0.3) is 0 Å². The number of rotatable bonds is 6. The molecule has 4 N–H and O–H groups in total. The molecule has 4 heterocycles. The van der Waals surface area contributed by atoms with Crippen LogP contribution in [0.15, 0.2) is 36.7 Å². The molecule has 10 heteroatoms. The Kier molecular flexibility index (Phi) is 6.23. The quantitative estimate of drug-likeness (QED) is 0.338. The number of anilines is 3. The molecule has 0 unspecified atom stereocenters. The maximum absolute atomic E-state index is 12.7. The van der Waals surface area contributed by atoms with E-state index in [1.807, 2.05) is 51.4 Å². The van der Waals surface area contributed by atoms with Crippen LogP contribution in [0.3, 0.4) is 0 Å². The number of fused-ring (bicyclic) bond motifs is 1. The number of likely N-dealkylation sites (tertiary alicyclic amines) is 1. The summed E-state index contributed by atoms with van der Waals surface area (Å²) in [7, 11) is 1.89. The molecule has 0 bridgehead atoms. The van der Waals surface area contributed by atoms with E-state index in [9.17, 15) is 9.90 Å². The van der Waals surface area contributed by atoms with E-state index in [0.717, 1.165) is 52.2 Å². The highest BCUT2D eigenvalue weighted by Crippen LogP contribution is 2.33. The largest absolute Gasteiger partial charge is 0.393 e. The molecule has 1 aliphatic rings. The van der Waals surface area contributed by atoms with Gasteiger partial charge in [0.2, 0.25) is 11.9 Å². The molecule has 0 spiro atoms. The topological polar surface area (TPSA) is 124 Å². The number of para-hydroxylation sites is 1. The number of nitrogens with zero attached hydrogens (tertiary/aromatic N) is 5. The number of hydrogen-bond donors (Lipinski definition) is 4. The third-order valence-corrected chi connectivity index (χ3v) is 6.49. The van der Waals surface area contributed by atoms with Crippen molar-refractivity contribution in [1.82, 2.24) is 29.6 Å². The number of H-pyrrole nitrogens is 1. The summed E-state index contributed by atoms with van der Waals surface area (Å²) in [6, 6.07) is 7.78. The van der Waals surface area contributed by atoms with E-state index in [2.05, 4.69) is 30.6 Å². The van der Waals surface area contributed by atoms with Gasteiger partial charge in [-0.05, 0) is 38.3 Å². The number of carbonyl (C=O) groups is 1. The van der Waals surface area contributed by atoms with E-state index < -0.39 is 0 Å². The summed E-state index contributed by atoms with van der Waals surface area (Å²) in [4.78, 5) is 27.3. The zero-order chi connectivity index (χ0) is 24.5. The summed E-state index contributed by atoms with van der Waals surface area (Å²) < 4.78 is 1.79. The van der Waals surface area contributed by atoms with Crippen LogP contribution in [0.25, 0.3) is 22.2 Å². The van der Waals surface area contributed by atoms with Crippen LogP contribution in [0.5, 0.6) is 0 Å². The van der Waals surface area contributed by atoms with E-state index in [4.69, 9.17) is 4.98 Å². The van der Waals surface area contributed by atoms with Gasteiger partial charge in [-0.25, -0.2) is 9.97 Å². The van der Waals surface area contributed by atoms with Gasteiger partial charge in [0.1, 0.15) is 0 Å². The van der Waals surface area contributed by atoms with E-state index in [0.29, 0.717) is 31.2 Å². The van der Waals surface area contributed by atoms with Crippen LogP contribution in [0.2, 0.25) is 0 Å². The molecule has 0 saturated carbocycles. The molecule has 0 atom stereocenters. The lowest BCUT2D eigenvalue weighted by molar-refractivity contribution is -0.117. The fourth-order valence-corrected chi connectivity index (χ4v) is 4.44. The lowest BCUT2D eigenvalue weighted by atomic mass is 10.1. The van der Waals surface area contributed by atoms with Crippen molar-refractivity contribution in [3.05, 3.63) is 47.9 Å². The molecule has 3 aromatic heterocycles. The van der Waals surface area contributed by atoms with Crippen LogP contribution in [0.1, 0.15) is 24.1 Å². The van der Waals surface area contributed by atoms with Gasteiger partial charge in [-0.15, -0.1) is 0 Å². The van der Waals surface area contributed by atoms with Crippen molar-refractivity contribution in [3.8, 4) is 11.3 Å². The predicted molar refractivity (Wildman–Crippen MR) is 136 cm³/mol. The highest BCUT2D eigenvalue weighted by atomic mass is 16.3. The third kappa shape index (κ3) is 4.89. The van der Waals surface area contributed by atoms with Crippen LogP contribution in [0, 0.1) is 13.8 Å². The average Bonchev–Trinajstić information content (AvgIpc) is 3.40. The normalized spacial score (nSPS) is 15.0. The predicted octanol–water partition coefficient (Wildman–Crippen LogP) is 3.11. The first-order valence-electron chi connectivity index (χ1n) is 11.8. The number of carbonyl (C=O) groups excluding carboxylic acids is 1. The molecule has 1 aromatic carbocycles. The summed E-state index contributed by atoms with van der Waals surface area (Å²) >= 11 is 0. The van der Waals surface area contributed by atoms with Crippen molar-refractivity contribution < 1.29 is 9.90 Å². The first kappa shape index (κ1) is 23.0. The monoisotopic (exact) mass is 474 g/mol. The average molecular weight is 475 g/mol. The first-order chi connectivity index (χ1) is 16.9. The number of aromatic amines is 1. The van der Waals surface area contributed by atoms with Gasteiger partial charge < -0.3 is 20.7 Å². The number of piperidine rings is 1. The van der Waals surface area contributed by atoms with E-state index in [-0.39, 0.29) is 12.0 Å². The second kappa shape index (κ2) is 9.47. The highest BCUT2D eigenvalue weighted by molar-refractivity contribution is 6.06. The molecule has 1 fully saturated rings. The van der Waals surface area contributed by atoms with Gasteiger partial charge in [-0.2, -0.15) is 5.10 Å². The zero-order valence-corrected chi connectivity index (χ0v) is 20.2. The van der Waals surface area contributed by atoms with Crippen molar-refractivity contribution in [2.45, 2.75) is 32.8 Å². The molecule has 0 aliphatic carbocycles. The number of aliphatic hydroxyl groups is 1. The summed E-state index contributed by atoms with van der Waals surface area (Å²) in [6.45, 7) is 5.73. The molecule has 5 rings (SSSR count). The Morgan fingerprint density at radius 2 is 2.06 bits per heavy atom. The minimum atomic E-state index is -0.255. The van der Waals surface area contributed by atoms with Gasteiger partial charge in [0, 0.05) is 55.2 Å². The lowest BCUT2D eigenvalue weighted by Gasteiger charge is -2.28. The van der Waals surface area contributed by atoms with Crippen molar-refractivity contribution >= 4 is 34.3 Å². The van der Waals surface area contributed by atoms with Gasteiger partial charge in [0.15, 0.2) is 5.82 Å². The Balaban J connectivity index is 1.38. The molecule has 10 nitrogen and oxygen atoms in total. The first-order valence-corrected chi connectivity index (χ1v) is 11.8. The molecule has 4 aromatic rings. The Hall–Kier alpha value is -3.76. The number of amides is 1. The summed E-state index contributed by atoms with van der Waals surface area (Å²) in [5, 5.41) is 21.3. The summed E-state index contributed by atoms with van der Waals surface area (Å²) in [5.41, 5.74) is 5.28. The van der Waals surface area contributed by atoms with Gasteiger partial charge in [0.05, 0.1) is 29.5 Å². The maximum Gasteiger partial charge on any atom is 0.238 e. The number of nitrogens with one attached hydrogen (secondary N) is 3. The second-order valence-corrected chi connectivity index (χ2v) is 9.13. The number of hydrogen-bond acceptors (Lipinski definition) is 7. The SMILES string of the molecule is Cc1cnc(Nc2cc(C)n(C)n2)nc1-c1c[nH]c2c(NC(=O)CN3CCC(O)CC3)cccc12. The molecule has 182 valence electrons. The molecule has 1 saturated heterocycles. The van der Waals surface area contributed by atoms with E-state index in [1.165, 1.54) is 0 Å². The Labute approximate surface area is 203 Å². The summed E-state index contributed by atoms with van der Waals surface area (Å²) in [6.07, 6.45) is 4.86. The van der Waals surface area contributed by atoms with Gasteiger partial charge in [-0.3, -0.25) is 14.4 Å². The molecule has 35 heavy (non-hydrogen) atoms. The number of aliphatic hydroxyl groups excluding tert-OH is 1. The Morgan fingerprint density at radius 3 is 2.80 bits per heavy atom. The number of aromatic nitrogens is 5. The van der Waals surface area contributed by atoms with Crippen LogP contribution < -0.4 is 10.6 Å². The number of aryl methyl sites for hydroxylation is 3. The zero-order valence-electron chi connectivity index (χ0n) is 20.2. The van der Waals surface area contributed by atoms with Gasteiger partial charge >= 0.3 is 0 Å².